The molecule has 0 aliphatic carbocycles. The maximum absolute atomic E-state index is 11.7. The summed E-state index contributed by atoms with van der Waals surface area (Å²) in [6, 6.07) is 5.26. The lowest BCUT2D eigenvalue weighted by Gasteiger charge is -2.14. The molecule has 0 spiro atoms. The number of hydrogen-bond donors (Lipinski definition) is 3. The highest BCUT2D eigenvalue weighted by Crippen LogP contribution is 2.20. The van der Waals surface area contributed by atoms with Gasteiger partial charge in [0.15, 0.2) is 6.61 Å². The van der Waals surface area contributed by atoms with Gasteiger partial charge in [0, 0.05) is 30.6 Å². The van der Waals surface area contributed by atoms with Gasteiger partial charge in [-0.25, -0.2) is 0 Å². The lowest BCUT2D eigenvalue weighted by atomic mass is 10.1. The van der Waals surface area contributed by atoms with Gasteiger partial charge in [-0.1, -0.05) is 11.6 Å². The average Bonchev–Trinajstić information content (AvgIpc) is 2.83. The molecule has 1 heterocycles. The summed E-state index contributed by atoms with van der Waals surface area (Å²) in [4.78, 5) is 11.7. The van der Waals surface area contributed by atoms with Crippen molar-refractivity contribution >= 4 is 17.5 Å². The molecule has 2 unspecified atom stereocenters. The van der Waals surface area contributed by atoms with Crippen molar-refractivity contribution in [3.05, 3.63) is 28.8 Å². The van der Waals surface area contributed by atoms with E-state index < -0.39 is 6.10 Å². The molecule has 0 saturated carbocycles. The Bertz CT molecular complexity index is 481. The molecule has 0 radical (unpaired) electrons. The predicted octanol–water partition coefficient (Wildman–Crippen LogP) is 0.724. The number of β-amino-alcohol motifs (C(OH)–C–C–N with tert-alkyl or cyclic N) is 1. The van der Waals surface area contributed by atoms with Crippen molar-refractivity contribution < 1.29 is 14.6 Å². The van der Waals surface area contributed by atoms with Crippen LogP contribution in [0.4, 0.5) is 0 Å². The van der Waals surface area contributed by atoms with E-state index in [1.165, 1.54) is 0 Å². The maximum Gasteiger partial charge on any atom is 0.257 e. The maximum atomic E-state index is 11.7. The van der Waals surface area contributed by atoms with Crippen LogP contribution in [0.25, 0.3) is 0 Å². The molecule has 1 saturated heterocycles. The van der Waals surface area contributed by atoms with Crippen molar-refractivity contribution in [2.45, 2.75) is 13.0 Å². The molecule has 1 aliphatic heterocycles. The van der Waals surface area contributed by atoms with Gasteiger partial charge in [0.25, 0.3) is 5.91 Å². The van der Waals surface area contributed by atoms with E-state index in [0.717, 1.165) is 12.1 Å². The van der Waals surface area contributed by atoms with Crippen LogP contribution in [0.2, 0.25) is 5.02 Å². The third-order valence-electron chi connectivity index (χ3n) is 3.36. The van der Waals surface area contributed by atoms with E-state index in [2.05, 4.69) is 10.6 Å². The number of aliphatic hydroxyl groups excluding tert-OH is 1. The zero-order valence-corrected chi connectivity index (χ0v) is 12.1. The SMILES string of the molecule is Cc1cc(OCC(=O)NCC2CNCC2O)ccc1Cl. The lowest BCUT2D eigenvalue weighted by molar-refractivity contribution is -0.123. The number of aryl methyl sites for hydroxylation is 1. The fraction of sp³-hybridized carbons (Fsp3) is 0.500. The molecule has 0 aromatic heterocycles. The molecule has 1 aliphatic rings. The molecule has 6 heteroatoms. The molecule has 3 N–H and O–H groups in total. The summed E-state index contributed by atoms with van der Waals surface area (Å²) in [5.41, 5.74) is 0.907. The fourth-order valence-corrected chi connectivity index (χ4v) is 2.20. The third-order valence-corrected chi connectivity index (χ3v) is 3.79. The van der Waals surface area contributed by atoms with Crippen LogP contribution in [0.15, 0.2) is 18.2 Å². The molecule has 110 valence electrons. The Morgan fingerprint density at radius 1 is 1.55 bits per heavy atom. The molecule has 1 aromatic rings. The Labute approximate surface area is 123 Å². The van der Waals surface area contributed by atoms with Crippen molar-refractivity contribution in [2.75, 3.05) is 26.2 Å². The molecule has 1 amide bonds. The van der Waals surface area contributed by atoms with Crippen LogP contribution in [-0.4, -0.2) is 43.4 Å². The number of rotatable bonds is 5. The zero-order valence-electron chi connectivity index (χ0n) is 11.4. The second-order valence-electron chi connectivity index (χ2n) is 4.99. The smallest absolute Gasteiger partial charge is 0.257 e. The highest BCUT2D eigenvalue weighted by atomic mass is 35.5. The van der Waals surface area contributed by atoms with Crippen LogP contribution in [0, 0.1) is 12.8 Å². The third kappa shape index (κ3) is 4.10. The summed E-state index contributed by atoms with van der Waals surface area (Å²) in [5.74, 6) is 0.484. The number of aliphatic hydroxyl groups is 1. The van der Waals surface area contributed by atoms with Gasteiger partial charge in [-0.05, 0) is 30.7 Å². The summed E-state index contributed by atoms with van der Waals surface area (Å²) in [6.45, 7) is 3.59. The van der Waals surface area contributed by atoms with E-state index in [-0.39, 0.29) is 18.4 Å². The molecule has 20 heavy (non-hydrogen) atoms. The highest BCUT2D eigenvalue weighted by Gasteiger charge is 2.24. The number of benzene rings is 1. The van der Waals surface area contributed by atoms with Gasteiger partial charge in [0.05, 0.1) is 6.10 Å². The van der Waals surface area contributed by atoms with Crippen LogP contribution in [0.3, 0.4) is 0 Å². The van der Waals surface area contributed by atoms with Crippen molar-refractivity contribution in [3.63, 3.8) is 0 Å². The number of carbonyl (C=O) groups is 1. The zero-order chi connectivity index (χ0) is 14.5. The first-order valence-corrected chi connectivity index (χ1v) is 6.98. The van der Waals surface area contributed by atoms with Crippen molar-refractivity contribution in [1.82, 2.24) is 10.6 Å². The van der Waals surface area contributed by atoms with Crippen molar-refractivity contribution in [3.8, 4) is 5.75 Å². The Balaban J connectivity index is 1.73. The quantitative estimate of drug-likeness (QED) is 0.749. The summed E-state index contributed by atoms with van der Waals surface area (Å²) in [7, 11) is 0. The second kappa shape index (κ2) is 6.92. The second-order valence-corrected chi connectivity index (χ2v) is 5.40. The first kappa shape index (κ1) is 15.1. The van der Waals surface area contributed by atoms with Crippen LogP contribution in [-0.2, 0) is 4.79 Å². The highest BCUT2D eigenvalue weighted by molar-refractivity contribution is 6.31. The van der Waals surface area contributed by atoms with Crippen molar-refractivity contribution in [1.29, 1.82) is 0 Å². The molecular weight excluding hydrogens is 280 g/mol. The Morgan fingerprint density at radius 3 is 3.00 bits per heavy atom. The molecule has 1 aromatic carbocycles. The summed E-state index contributed by atoms with van der Waals surface area (Å²) in [5, 5.41) is 16.1. The minimum absolute atomic E-state index is 0.0443. The largest absolute Gasteiger partial charge is 0.484 e. The standard InChI is InChI=1S/C14H19ClN2O3/c1-9-4-11(2-3-12(9)15)20-8-14(19)17-6-10-5-16-7-13(10)18/h2-4,10,13,16,18H,5-8H2,1H3,(H,17,19). The minimum Gasteiger partial charge on any atom is -0.484 e. The lowest BCUT2D eigenvalue weighted by Crippen LogP contribution is -2.36. The Morgan fingerprint density at radius 2 is 2.35 bits per heavy atom. The van der Waals surface area contributed by atoms with E-state index in [1.807, 2.05) is 6.92 Å². The fourth-order valence-electron chi connectivity index (χ4n) is 2.08. The van der Waals surface area contributed by atoms with E-state index in [0.29, 0.717) is 23.9 Å². The molecule has 5 nitrogen and oxygen atoms in total. The van der Waals surface area contributed by atoms with Crippen LogP contribution in [0.5, 0.6) is 5.75 Å². The van der Waals surface area contributed by atoms with Gasteiger partial charge in [-0.15, -0.1) is 0 Å². The monoisotopic (exact) mass is 298 g/mol. The van der Waals surface area contributed by atoms with Gasteiger partial charge >= 0.3 is 0 Å². The molecule has 1 fully saturated rings. The van der Waals surface area contributed by atoms with Crippen LogP contribution < -0.4 is 15.4 Å². The summed E-state index contributed by atoms with van der Waals surface area (Å²) >= 11 is 5.91. The van der Waals surface area contributed by atoms with E-state index >= 15 is 0 Å². The van der Waals surface area contributed by atoms with Gasteiger partial charge in [0.2, 0.25) is 0 Å². The predicted molar refractivity (Wildman–Crippen MR) is 77.1 cm³/mol. The molecule has 2 rings (SSSR count). The topological polar surface area (TPSA) is 70.6 Å². The van der Waals surface area contributed by atoms with Crippen LogP contribution in [0.1, 0.15) is 5.56 Å². The normalized spacial score (nSPS) is 21.8. The Hall–Kier alpha value is -1.30. The number of carbonyl (C=O) groups excluding carboxylic acids is 1. The van der Waals surface area contributed by atoms with E-state index in [9.17, 15) is 9.90 Å². The van der Waals surface area contributed by atoms with Gasteiger partial charge < -0.3 is 20.5 Å². The molecule has 2 atom stereocenters. The first-order chi connectivity index (χ1) is 9.56. The first-order valence-electron chi connectivity index (χ1n) is 6.60. The summed E-state index contributed by atoms with van der Waals surface area (Å²) < 4.78 is 5.40. The van der Waals surface area contributed by atoms with Gasteiger partial charge in [0.1, 0.15) is 5.75 Å². The summed E-state index contributed by atoms with van der Waals surface area (Å²) in [6.07, 6.45) is -0.393. The number of halogens is 1. The molecule has 0 bridgehead atoms. The van der Waals surface area contributed by atoms with Crippen LogP contribution >= 0.6 is 11.6 Å². The average molecular weight is 299 g/mol. The van der Waals surface area contributed by atoms with E-state index in [4.69, 9.17) is 16.3 Å². The Kier molecular flexibility index (Phi) is 5.23. The minimum atomic E-state index is -0.393. The number of hydrogen-bond acceptors (Lipinski definition) is 4. The molecular formula is C14H19ClN2O3. The number of nitrogens with one attached hydrogen (secondary N) is 2. The van der Waals surface area contributed by atoms with E-state index in [1.54, 1.807) is 18.2 Å². The number of ether oxygens (including phenoxy) is 1. The number of amides is 1. The van der Waals surface area contributed by atoms with Gasteiger partial charge in [-0.2, -0.15) is 0 Å². The van der Waals surface area contributed by atoms with Crippen molar-refractivity contribution in [2.24, 2.45) is 5.92 Å². The van der Waals surface area contributed by atoms with Gasteiger partial charge in [-0.3, -0.25) is 4.79 Å².